The molecular weight excluding hydrogens is 377 g/mol. The number of halogens is 2. The van der Waals surface area contributed by atoms with E-state index in [2.05, 4.69) is 40.7 Å². The quantitative estimate of drug-likeness (QED) is 0.793. The smallest absolute Gasteiger partial charge is 0.232 e. The van der Waals surface area contributed by atoms with Crippen molar-refractivity contribution in [1.82, 2.24) is 19.9 Å². The maximum Gasteiger partial charge on any atom is 0.232 e. The highest BCUT2D eigenvalue weighted by Gasteiger charge is 2.46. The minimum absolute atomic E-state index is 0.286. The summed E-state index contributed by atoms with van der Waals surface area (Å²) in [5, 5.41) is 0. The van der Waals surface area contributed by atoms with Gasteiger partial charge in [0, 0.05) is 37.9 Å². The lowest BCUT2D eigenvalue weighted by Gasteiger charge is -2.56. The van der Waals surface area contributed by atoms with Gasteiger partial charge in [-0.15, -0.1) is 0 Å². The van der Waals surface area contributed by atoms with Crippen LogP contribution >= 0.6 is 15.9 Å². The molecule has 0 aliphatic carbocycles. The third-order valence-electron chi connectivity index (χ3n) is 4.56. The van der Waals surface area contributed by atoms with Gasteiger partial charge in [0.15, 0.2) is 0 Å². The number of anilines is 1. The molecule has 24 heavy (non-hydrogen) atoms. The summed E-state index contributed by atoms with van der Waals surface area (Å²) in [5.74, 6) is 0.975. The second kappa shape index (κ2) is 6.25. The van der Waals surface area contributed by atoms with Gasteiger partial charge >= 0.3 is 0 Å². The number of pyridine rings is 1. The van der Waals surface area contributed by atoms with Crippen LogP contribution in [-0.2, 0) is 6.54 Å². The van der Waals surface area contributed by atoms with E-state index in [0.717, 1.165) is 36.1 Å². The van der Waals surface area contributed by atoms with Crippen molar-refractivity contribution in [2.24, 2.45) is 0 Å². The highest BCUT2D eigenvalue weighted by molar-refractivity contribution is 9.10. The first-order valence-corrected chi connectivity index (χ1v) is 8.60. The van der Waals surface area contributed by atoms with Crippen LogP contribution < -0.4 is 9.64 Å². The molecule has 126 valence electrons. The Kier molecular flexibility index (Phi) is 4.09. The molecule has 5 heterocycles. The summed E-state index contributed by atoms with van der Waals surface area (Å²) in [6.07, 6.45) is 5.83. The first-order chi connectivity index (χ1) is 11.6. The number of nitrogens with zero attached hydrogens (tertiary/aromatic N) is 5. The van der Waals surface area contributed by atoms with Gasteiger partial charge in [-0.1, -0.05) is 0 Å². The fourth-order valence-corrected chi connectivity index (χ4v) is 3.92. The number of methoxy groups -OCH3 is 1. The molecule has 5 rings (SSSR count). The van der Waals surface area contributed by atoms with Gasteiger partial charge < -0.3 is 9.64 Å². The Hall–Kier alpha value is -1.80. The van der Waals surface area contributed by atoms with Gasteiger partial charge in [-0.2, -0.15) is 4.98 Å². The van der Waals surface area contributed by atoms with Gasteiger partial charge in [0.1, 0.15) is 5.82 Å². The van der Waals surface area contributed by atoms with Crippen LogP contribution in [-0.4, -0.2) is 52.1 Å². The minimum atomic E-state index is -0.286. The number of aromatic nitrogens is 3. The van der Waals surface area contributed by atoms with Crippen molar-refractivity contribution in [2.75, 3.05) is 25.1 Å². The lowest BCUT2D eigenvalue weighted by Crippen LogP contribution is -2.69. The molecule has 0 spiro atoms. The van der Waals surface area contributed by atoms with E-state index < -0.39 is 0 Å². The van der Waals surface area contributed by atoms with E-state index in [0.29, 0.717) is 23.9 Å². The minimum Gasteiger partial charge on any atom is -0.480 e. The average Bonchev–Trinajstić information content (AvgIpc) is 2.56. The molecule has 2 bridgehead atoms. The van der Waals surface area contributed by atoms with E-state index in [-0.39, 0.29) is 5.82 Å². The predicted octanol–water partition coefficient (Wildman–Crippen LogP) is 2.24. The van der Waals surface area contributed by atoms with Crippen LogP contribution in [0.2, 0.25) is 0 Å². The molecule has 2 atom stereocenters. The zero-order chi connectivity index (χ0) is 16.7. The summed E-state index contributed by atoms with van der Waals surface area (Å²) in [6.45, 7) is 2.54. The standard InChI is InChI=1S/C16H17BrFN5O/c1-24-15-14(17)6-20-16(21-15)23-12-3-13(23)9-22(8-12)7-10-2-11(18)5-19-4-10/h2,4-6,12-13H,3,7-9H2,1H3. The van der Waals surface area contributed by atoms with Gasteiger partial charge in [0.2, 0.25) is 11.8 Å². The van der Waals surface area contributed by atoms with Crippen LogP contribution in [0.25, 0.3) is 0 Å². The number of hydrogen-bond acceptors (Lipinski definition) is 6. The molecule has 0 aromatic carbocycles. The van der Waals surface area contributed by atoms with E-state index in [1.54, 1.807) is 25.6 Å². The third kappa shape index (κ3) is 2.84. The highest BCUT2D eigenvalue weighted by Crippen LogP contribution is 2.37. The molecule has 3 aliphatic rings. The van der Waals surface area contributed by atoms with Gasteiger partial charge in [0.05, 0.1) is 24.0 Å². The summed E-state index contributed by atoms with van der Waals surface area (Å²) in [4.78, 5) is 17.4. The number of fused-ring (bicyclic) bond motifs is 2. The van der Waals surface area contributed by atoms with E-state index >= 15 is 0 Å². The predicted molar refractivity (Wildman–Crippen MR) is 90.4 cm³/mol. The van der Waals surface area contributed by atoms with Crippen molar-refractivity contribution >= 4 is 21.9 Å². The Labute approximate surface area is 147 Å². The van der Waals surface area contributed by atoms with Crippen molar-refractivity contribution in [2.45, 2.75) is 25.0 Å². The third-order valence-corrected chi connectivity index (χ3v) is 5.10. The SMILES string of the molecule is COc1nc(N2C3CC2CN(Cc2cncc(F)c2)C3)ncc1Br. The summed E-state index contributed by atoms with van der Waals surface area (Å²) in [5.41, 5.74) is 0.907. The Bertz CT molecular complexity index is 749. The zero-order valence-corrected chi connectivity index (χ0v) is 14.8. The molecule has 2 aromatic rings. The van der Waals surface area contributed by atoms with Gasteiger partial charge in [-0.3, -0.25) is 9.88 Å². The van der Waals surface area contributed by atoms with Crippen LogP contribution in [0.5, 0.6) is 5.88 Å². The van der Waals surface area contributed by atoms with Crippen molar-refractivity contribution < 1.29 is 9.13 Å². The lowest BCUT2D eigenvalue weighted by atomic mass is 9.87. The van der Waals surface area contributed by atoms with Crippen LogP contribution in [0.3, 0.4) is 0 Å². The van der Waals surface area contributed by atoms with E-state index in [1.165, 1.54) is 6.20 Å². The average molecular weight is 394 g/mol. The lowest BCUT2D eigenvalue weighted by molar-refractivity contribution is 0.106. The summed E-state index contributed by atoms with van der Waals surface area (Å²) >= 11 is 3.38. The van der Waals surface area contributed by atoms with Crippen LogP contribution in [0.1, 0.15) is 12.0 Å². The highest BCUT2D eigenvalue weighted by atomic mass is 79.9. The largest absolute Gasteiger partial charge is 0.480 e. The van der Waals surface area contributed by atoms with Crippen LogP contribution in [0.15, 0.2) is 29.1 Å². The van der Waals surface area contributed by atoms with E-state index in [4.69, 9.17) is 4.74 Å². The normalized spacial score (nSPS) is 23.0. The molecule has 0 saturated carbocycles. The van der Waals surface area contributed by atoms with Crippen molar-refractivity contribution in [3.8, 4) is 5.88 Å². The molecule has 2 aromatic heterocycles. The van der Waals surface area contributed by atoms with Crippen LogP contribution in [0.4, 0.5) is 10.3 Å². The fraction of sp³-hybridized carbons (Fsp3) is 0.438. The summed E-state index contributed by atoms with van der Waals surface area (Å²) < 4.78 is 19.3. The van der Waals surface area contributed by atoms with E-state index in [9.17, 15) is 4.39 Å². The fourth-order valence-electron chi connectivity index (χ4n) is 3.56. The first kappa shape index (κ1) is 15.7. The molecule has 3 aliphatic heterocycles. The second-order valence-electron chi connectivity index (χ2n) is 6.18. The topological polar surface area (TPSA) is 54.4 Å². The number of ether oxygens (including phenoxy) is 1. The molecule has 6 nitrogen and oxygen atoms in total. The zero-order valence-electron chi connectivity index (χ0n) is 13.2. The molecule has 3 saturated heterocycles. The summed E-state index contributed by atoms with van der Waals surface area (Å²) in [6, 6.07) is 2.32. The van der Waals surface area contributed by atoms with Crippen molar-refractivity contribution in [3.63, 3.8) is 0 Å². The van der Waals surface area contributed by atoms with Gasteiger partial charge in [-0.25, -0.2) is 9.37 Å². The molecule has 3 fully saturated rings. The molecule has 0 amide bonds. The summed E-state index contributed by atoms with van der Waals surface area (Å²) in [7, 11) is 1.60. The second-order valence-corrected chi connectivity index (χ2v) is 7.04. The maximum absolute atomic E-state index is 13.3. The first-order valence-electron chi connectivity index (χ1n) is 7.80. The van der Waals surface area contributed by atoms with Gasteiger partial charge in [0.25, 0.3) is 0 Å². The van der Waals surface area contributed by atoms with Gasteiger partial charge in [-0.05, 0) is 34.0 Å². The Morgan fingerprint density at radius 3 is 2.79 bits per heavy atom. The molecule has 2 unspecified atom stereocenters. The molecule has 8 heteroatoms. The van der Waals surface area contributed by atoms with Crippen LogP contribution in [0, 0.1) is 5.82 Å². The van der Waals surface area contributed by atoms with Crippen molar-refractivity contribution in [1.29, 1.82) is 0 Å². The maximum atomic E-state index is 13.3. The molecule has 0 N–H and O–H groups in total. The number of rotatable bonds is 4. The Morgan fingerprint density at radius 2 is 2.08 bits per heavy atom. The number of hydrogen-bond donors (Lipinski definition) is 0. The Balaban J connectivity index is 1.45. The number of piperidine rings is 1. The molecular formula is C16H17BrFN5O. The monoisotopic (exact) mass is 393 g/mol. The Morgan fingerprint density at radius 1 is 1.29 bits per heavy atom. The van der Waals surface area contributed by atoms with E-state index in [1.807, 2.05) is 0 Å². The number of piperazine rings is 1. The van der Waals surface area contributed by atoms with Crippen molar-refractivity contribution in [3.05, 3.63) is 40.5 Å². The molecule has 0 radical (unpaired) electrons.